The molecule has 0 aliphatic carbocycles. The molecule has 6 nitrogen and oxygen atoms in total. The number of rotatable bonds is 13. The summed E-state index contributed by atoms with van der Waals surface area (Å²) in [5.74, 6) is 2.90. The minimum atomic E-state index is -0.144. The number of unbranched alkanes of at least 4 members (excludes halogenated alkanes) is 1. The van der Waals surface area contributed by atoms with Gasteiger partial charge in [0.15, 0.2) is 0 Å². The number of nitrogens with zero attached hydrogens (tertiary/aromatic N) is 2. The van der Waals surface area contributed by atoms with Gasteiger partial charge in [0.2, 0.25) is 0 Å². The maximum absolute atomic E-state index is 12.7. The van der Waals surface area contributed by atoms with Gasteiger partial charge in [-0.25, -0.2) is 4.98 Å². The molecule has 1 unspecified atom stereocenters. The van der Waals surface area contributed by atoms with Gasteiger partial charge in [0.1, 0.15) is 17.3 Å². The molecule has 37 heavy (non-hydrogen) atoms. The van der Waals surface area contributed by atoms with E-state index in [-0.39, 0.29) is 5.91 Å². The molecular formula is C31H37N3O3. The molecule has 0 saturated carbocycles. The topological polar surface area (TPSA) is 65.4 Å². The number of aryl methyl sites for hydroxylation is 1. The lowest BCUT2D eigenvalue weighted by atomic mass is 9.99. The van der Waals surface area contributed by atoms with Crippen molar-refractivity contribution in [3.63, 3.8) is 0 Å². The first-order valence-electron chi connectivity index (χ1n) is 13.2. The molecule has 1 amide bonds. The third kappa shape index (κ3) is 6.70. The van der Waals surface area contributed by atoms with Gasteiger partial charge in [-0.05, 0) is 67.1 Å². The Hall–Kier alpha value is -3.80. The van der Waals surface area contributed by atoms with Crippen molar-refractivity contribution in [2.45, 2.75) is 52.0 Å². The molecule has 1 N–H and O–H groups in total. The number of imidazole rings is 1. The molecule has 0 fully saturated rings. The van der Waals surface area contributed by atoms with E-state index in [1.54, 1.807) is 19.2 Å². The highest BCUT2D eigenvalue weighted by molar-refractivity contribution is 5.96. The molecule has 0 aliphatic rings. The minimum absolute atomic E-state index is 0.144. The van der Waals surface area contributed by atoms with E-state index >= 15 is 0 Å². The fourth-order valence-electron chi connectivity index (χ4n) is 4.47. The first-order chi connectivity index (χ1) is 18.1. The molecule has 0 bridgehead atoms. The summed E-state index contributed by atoms with van der Waals surface area (Å²) in [6, 6.07) is 23.9. The molecule has 194 valence electrons. The van der Waals surface area contributed by atoms with Crippen LogP contribution < -0.4 is 14.8 Å². The summed E-state index contributed by atoms with van der Waals surface area (Å²) in [4.78, 5) is 17.5. The van der Waals surface area contributed by atoms with Gasteiger partial charge in [-0.2, -0.15) is 0 Å². The molecule has 0 aliphatic heterocycles. The van der Waals surface area contributed by atoms with Crippen LogP contribution in [0.1, 0.15) is 60.8 Å². The predicted molar refractivity (Wildman–Crippen MR) is 149 cm³/mol. The van der Waals surface area contributed by atoms with Gasteiger partial charge >= 0.3 is 0 Å². The second-order valence-electron chi connectivity index (χ2n) is 9.31. The zero-order valence-electron chi connectivity index (χ0n) is 22.1. The van der Waals surface area contributed by atoms with Crippen molar-refractivity contribution in [2.24, 2.45) is 0 Å². The van der Waals surface area contributed by atoms with E-state index in [4.69, 9.17) is 14.5 Å². The SMILES string of the molecule is CCC(C)c1ccc(OCCCCn2c(CCNC(=O)c3ccccc3OC)nc3ccccc32)cc1. The molecule has 4 aromatic rings. The van der Waals surface area contributed by atoms with Crippen LogP contribution in [0.2, 0.25) is 0 Å². The van der Waals surface area contributed by atoms with Crippen molar-refractivity contribution in [2.75, 3.05) is 20.3 Å². The molecule has 3 aromatic carbocycles. The average molecular weight is 500 g/mol. The number of carbonyl (C=O) groups excluding carboxylic acids is 1. The van der Waals surface area contributed by atoms with Gasteiger partial charge in [0.05, 0.1) is 30.3 Å². The number of fused-ring (bicyclic) bond motifs is 1. The van der Waals surface area contributed by atoms with Gasteiger partial charge in [-0.1, -0.05) is 50.2 Å². The Labute approximate surface area is 219 Å². The summed E-state index contributed by atoms with van der Waals surface area (Å²) in [5.41, 5.74) is 3.99. The predicted octanol–water partition coefficient (Wildman–Crippen LogP) is 6.39. The number of ether oxygens (including phenoxy) is 2. The van der Waals surface area contributed by atoms with Crippen LogP contribution in [0.3, 0.4) is 0 Å². The van der Waals surface area contributed by atoms with Crippen LogP contribution in [-0.2, 0) is 13.0 Å². The molecule has 1 atom stereocenters. The Morgan fingerprint density at radius 3 is 2.54 bits per heavy atom. The van der Waals surface area contributed by atoms with Crippen LogP contribution in [0, 0.1) is 0 Å². The first-order valence-corrected chi connectivity index (χ1v) is 13.2. The summed E-state index contributed by atoms with van der Waals surface area (Å²) in [7, 11) is 1.57. The monoisotopic (exact) mass is 499 g/mol. The Kier molecular flexibility index (Phi) is 9.19. The molecular weight excluding hydrogens is 462 g/mol. The first kappa shape index (κ1) is 26.3. The van der Waals surface area contributed by atoms with Crippen LogP contribution in [-0.4, -0.2) is 35.7 Å². The number of amides is 1. The van der Waals surface area contributed by atoms with E-state index < -0.39 is 0 Å². The fraction of sp³-hybridized carbons (Fsp3) is 0.355. The van der Waals surface area contributed by atoms with E-state index in [1.807, 2.05) is 30.3 Å². The largest absolute Gasteiger partial charge is 0.496 e. The van der Waals surface area contributed by atoms with Crippen molar-refractivity contribution in [3.8, 4) is 11.5 Å². The van der Waals surface area contributed by atoms with Crippen molar-refractivity contribution >= 4 is 16.9 Å². The highest BCUT2D eigenvalue weighted by Gasteiger charge is 2.13. The summed E-state index contributed by atoms with van der Waals surface area (Å²) in [6.07, 6.45) is 3.71. The number of hydrogen-bond donors (Lipinski definition) is 1. The highest BCUT2D eigenvalue weighted by atomic mass is 16.5. The van der Waals surface area contributed by atoms with Crippen molar-refractivity contribution in [1.29, 1.82) is 0 Å². The Bertz CT molecular complexity index is 1300. The van der Waals surface area contributed by atoms with E-state index in [0.29, 0.717) is 36.8 Å². The van der Waals surface area contributed by atoms with Gasteiger partial charge < -0.3 is 19.4 Å². The number of benzene rings is 3. The van der Waals surface area contributed by atoms with E-state index in [1.165, 1.54) is 5.56 Å². The summed E-state index contributed by atoms with van der Waals surface area (Å²) in [5, 5.41) is 3.01. The normalized spacial score (nSPS) is 11.9. The standard InChI is InChI=1S/C31H37N3O3/c1-4-23(2)24-15-17-25(18-16-24)37-22-10-9-21-34-28-13-7-6-12-27(28)33-30(34)19-20-32-31(35)26-11-5-8-14-29(26)36-3/h5-8,11-18,23H,4,9-10,19-22H2,1-3H3,(H,32,35). The van der Waals surface area contributed by atoms with Crippen molar-refractivity contribution in [3.05, 3.63) is 89.7 Å². The average Bonchev–Trinajstić information content (AvgIpc) is 3.29. The lowest BCUT2D eigenvalue weighted by molar-refractivity contribution is 0.0951. The Balaban J connectivity index is 1.31. The van der Waals surface area contributed by atoms with Gasteiger partial charge in [0, 0.05) is 19.5 Å². The Morgan fingerprint density at radius 1 is 1.00 bits per heavy atom. The Morgan fingerprint density at radius 2 is 1.76 bits per heavy atom. The maximum atomic E-state index is 12.7. The third-order valence-corrected chi connectivity index (χ3v) is 6.83. The summed E-state index contributed by atoms with van der Waals surface area (Å²) >= 11 is 0. The lowest BCUT2D eigenvalue weighted by Crippen LogP contribution is -2.27. The number of aromatic nitrogens is 2. The van der Waals surface area contributed by atoms with E-state index in [9.17, 15) is 4.79 Å². The van der Waals surface area contributed by atoms with Crippen LogP contribution >= 0.6 is 0 Å². The van der Waals surface area contributed by atoms with E-state index in [0.717, 1.165) is 48.4 Å². The third-order valence-electron chi connectivity index (χ3n) is 6.83. The molecule has 0 radical (unpaired) electrons. The number of nitrogens with one attached hydrogen (secondary N) is 1. The van der Waals surface area contributed by atoms with Crippen molar-refractivity contribution < 1.29 is 14.3 Å². The van der Waals surface area contributed by atoms with Gasteiger partial charge in [-0.15, -0.1) is 0 Å². The van der Waals surface area contributed by atoms with Gasteiger partial charge in [0.25, 0.3) is 5.91 Å². The van der Waals surface area contributed by atoms with Crippen LogP contribution in [0.15, 0.2) is 72.8 Å². The summed E-state index contributed by atoms with van der Waals surface area (Å²) < 4.78 is 13.6. The smallest absolute Gasteiger partial charge is 0.255 e. The quantitative estimate of drug-likeness (QED) is 0.217. The van der Waals surface area contributed by atoms with E-state index in [2.05, 4.69) is 54.1 Å². The van der Waals surface area contributed by atoms with Crippen LogP contribution in [0.25, 0.3) is 11.0 Å². The van der Waals surface area contributed by atoms with Gasteiger partial charge in [-0.3, -0.25) is 4.79 Å². The zero-order valence-corrected chi connectivity index (χ0v) is 22.1. The number of para-hydroxylation sites is 3. The lowest BCUT2D eigenvalue weighted by Gasteiger charge is -2.12. The molecule has 6 heteroatoms. The molecule has 0 spiro atoms. The molecule has 4 rings (SSSR count). The summed E-state index contributed by atoms with van der Waals surface area (Å²) in [6.45, 7) is 6.49. The number of methoxy groups -OCH3 is 1. The molecule has 1 aromatic heterocycles. The number of hydrogen-bond acceptors (Lipinski definition) is 4. The zero-order chi connectivity index (χ0) is 26.0. The van der Waals surface area contributed by atoms with Crippen LogP contribution in [0.5, 0.6) is 11.5 Å². The minimum Gasteiger partial charge on any atom is -0.496 e. The fourth-order valence-corrected chi connectivity index (χ4v) is 4.47. The second-order valence-corrected chi connectivity index (χ2v) is 9.31. The highest BCUT2D eigenvalue weighted by Crippen LogP contribution is 2.22. The van der Waals surface area contributed by atoms with Crippen LogP contribution in [0.4, 0.5) is 0 Å². The maximum Gasteiger partial charge on any atom is 0.255 e. The molecule has 0 saturated heterocycles. The van der Waals surface area contributed by atoms with Crippen molar-refractivity contribution in [1.82, 2.24) is 14.9 Å². The number of carbonyl (C=O) groups is 1. The second kappa shape index (κ2) is 12.9. The molecule has 1 heterocycles.